The van der Waals surface area contributed by atoms with Gasteiger partial charge in [0, 0.05) is 0 Å². The smallest absolute Gasteiger partial charge is 0.140 e. The topological polar surface area (TPSA) is 33.0 Å². The highest BCUT2D eigenvalue weighted by molar-refractivity contribution is 6.32. The van der Waals surface area contributed by atoms with Crippen LogP contribution in [0.15, 0.2) is 12.1 Å². The molecule has 0 unspecified atom stereocenters. The molecule has 0 fully saturated rings. The van der Waals surface area contributed by atoms with Crippen LogP contribution in [0.5, 0.6) is 5.75 Å². The van der Waals surface area contributed by atoms with Gasteiger partial charge < -0.3 is 4.74 Å². The van der Waals surface area contributed by atoms with Gasteiger partial charge in [-0.25, -0.2) is 0 Å². The van der Waals surface area contributed by atoms with Gasteiger partial charge in [0.2, 0.25) is 0 Å². The monoisotopic (exact) mass is 195 g/mol. The number of nitrogens with zero attached hydrogens (tertiary/aromatic N) is 1. The highest BCUT2D eigenvalue weighted by atomic mass is 35.5. The van der Waals surface area contributed by atoms with Gasteiger partial charge in [0.05, 0.1) is 23.8 Å². The van der Waals surface area contributed by atoms with Crippen LogP contribution in [0.3, 0.4) is 0 Å². The number of ether oxygens (including phenoxy) is 1. The van der Waals surface area contributed by atoms with Crippen molar-refractivity contribution in [2.75, 3.05) is 7.11 Å². The summed E-state index contributed by atoms with van der Waals surface area (Å²) in [7, 11) is 1.58. The number of benzene rings is 1. The summed E-state index contributed by atoms with van der Waals surface area (Å²) >= 11 is 5.92. The quantitative estimate of drug-likeness (QED) is 0.727. The van der Waals surface area contributed by atoms with Gasteiger partial charge in [0.25, 0.3) is 0 Å². The third kappa shape index (κ3) is 1.93. The number of methoxy groups -OCH3 is 1. The number of hydrogen-bond acceptors (Lipinski definition) is 2. The summed E-state index contributed by atoms with van der Waals surface area (Å²) < 4.78 is 5.13. The standard InChI is InChI=1S/C10H10ClNO/c1-3-8-4-7(6-12)5-9(11)10(8)13-2/h4-5H,3H2,1-2H3. The van der Waals surface area contributed by atoms with Crippen LogP contribution in [0.25, 0.3) is 0 Å². The van der Waals surface area contributed by atoms with Gasteiger partial charge in [-0.15, -0.1) is 0 Å². The fourth-order valence-corrected chi connectivity index (χ4v) is 1.52. The zero-order valence-corrected chi connectivity index (χ0v) is 8.35. The first-order valence-electron chi connectivity index (χ1n) is 3.99. The molecule has 2 nitrogen and oxygen atoms in total. The molecule has 0 saturated heterocycles. The molecule has 0 spiro atoms. The minimum atomic E-state index is 0.499. The molecular formula is C10H10ClNO. The van der Waals surface area contributed by atoms with Crippen LogP contribution in [0.4, 0.5) is 0 Å². The van der Waals surface area contributed by atoms with Gasteiger partial charge in [0.15, 0.2) is 0 Å². The van der Waals surface area contributed by atoms with E-state index in [0.29, 0.717) is 16.3 Å². The largest absolute Gasteiger partial charge is 0.495 e. The number of hydrogen-bond donors (Lipinski definition) is 0. The van der Waals surface area contributed by atoms with Crippen molar-refractivity contribution in [3.05, 3.63) is 28.3 Å². The van der Waals surface area contributed by atoms with Gasteiger partial charge in [-0.2, -0.15) is 5.26 Å². The molecule has 0 aliphatic carbocycles. The van der Waals surface area contributed by atoms with Crippen LogP contribution in [-0.2, 0) is 6.42 Å². The summed E-state index contributed by atoms with van der Waals surface area (Å²) in [6, 6.07) is 5.46. The maximum Gasteiger partial charge on any atom is 0.140 e. The fourth-order valence-electron chi connectivity index (χ4n) is 1.21. The van der Waals surface area contributed by atoms with Crippen molar-refractivity contribution in [3.63, 3.8) is 0 Å². The zero-order chi connectivity index (χ0) is 9.84. The van der Waals surface area contributed by atoms with Crippen molar-refractivity contribution in [2.45, 2.75) is 13.3 Å². The first kappa shape index (κ1) is 9.88. The molecule has 1 aromatic rings. The maximum atomic E-state index is 8.70. The summed E-state index contributed by atoms with van der Waals surface area (Å²) in [5.41, 5.74) is 1.54. The molecule has 0 N–H and O–H groups in total. The Labute approximate surface area is 82.7 Å². The Bertz CT molecular complexity index is 355. The van der Waals surface area contributed by atoms with Gasteiger partial charge in [-0.05, 0) is 24.1 Å². The summed E-state index contributed by atoms with van der Waals surface area (Å²) in [5.74, 6) is 0.670. The Kier molecular flexibility index (Phi) is 3.16. The highest BCUT2D eigenvalue weighted by Crippen LogP contribution is 2.30. The lowest BCUT2D eigenvalue weighted by Gasteiger charge is -2.08. The minimum Gasteiger partial charge on any atom is -0.495 e. The van der Waals surface area contributed by atoms with E-state index < -0.39 is 0 Å². The maximum absolute atomic E-state index is 8.70. The first-order valence-corrected chi connectivity index (χ1v) is 4.37. The second-order valence-electron chi connectivity index (χ2n) is 2.62. The molecule has 3 heteroatoms. The van der Waals surface area contributed by atoms with E-state index in [9.17, 15) is 0 Å². The third-order valence-corrected chi connectivity index (χ3v) is 2.12. The Balaban J connectivity index is 3.31. The molecule has 1 rings (SSSR count). The fraction of sp³-hybridized carbons (Fsp3) is 0.300. The molecule has 68 valence electrons. The summed E-state index contributed by atoms with van der Waals surface area (Å²) in [6.07, 6.45) is 0.804. The van der Waals surface area contributed by atoms with E-state index in [0.717, 1.165) is 12.0 Å². The molecule has 0 aromatic heterocycles. The van der Waals surface area contributed by atoms with E-state index in [1.807, 2.05) is 6.92 Å². The SMILES string of the molecule is CCc1cc(C#N)cc(Cl)c1OC. The van der Waals surface area contributed by atoms with Gasteiger partial charge in [0.1, 0.15) is 5.75 Å². The van der Waals surface area contributed by atoms with E-state index in [1.54, 1.807) is 19.2 Å². The van der Waals surface area contributed by atoms with E-state index in [2.05, 4.69) is 6.07 Å². The molecule has 0 aliphatic rings. The molecule has 0 bridgehead atoms. The van der Waals surface area contributed by atoms with Crippen molar-refractivity contribution in [1.82, 2.24) is 0 Å². The van der Waals surface area contributed by atoms with Crippen LogP contribution in [0, 0.1) is 11.3 Å². The number of rotatable bonds is 2. The molecule has 1 aromatic carbocycles. The number of halogens is 1. The van der Waals surface area contributed by atoms with Crippen LogP contribution in [0.2, 0.25) is 5.02 Å². The molecule has 0 amide bonds. The molecule has 0 aliphatic heterocycles. The molecule has 0 atom stereocenters. The van der Waals surface area contributed by atoms with E-state index in [-0.39, 0.29) is 0 Å². The molecule has 0 radical (unpaired) electrons. The van der Waals surface area contributed by atoms with Crippen LogP contribution >= 0.6 is 11.6 Å². The Morgan fingerprint density at radius 1 is 1.54 bits per heavy atom. The normalized spacial score (nSPS) is 9.38. The van der Waals surface area contributed by atoms with Crippen molar-refractivity contribution in [3.8, 4) is 11.8 Å². The number of aryl methyl sites for hydroxylation is 1. The number of nitriles is 1. The van der Waals surface area contributed by atoms with E-state index >= 15 is 0 Å². The Hall–Kier alpha value is -1.20. The minimum absolute atomic E-state index is 0.499. The Morgan fingerprint density at radius 2 is 2.23 bits per heavy atom. The zero-order valence-electron chi connectivity index (χ0n) is 7.60. The van der Waals surface area contributed by atoms with Gasteiger partial charge in [-0.3, -0.25) is 0 Å². The molecule has 13 heavy (non-hydrogen) atoms. The summed E-state index contributed by atoms with van der Waals surface area (Å²) in [6.45, 7) is 2.00. The van der Waals surface area contributed by atoms with Gasteiger partial charge >= 0.3 is 0 Å². The van der Waals surface area contributed by atoms with Crippen LogP contribution in [0.1, 0.15) is 18.1 Å². The highest BCUT2D eigenvalue weighted by Gasteiger charge is 2.08. The van der Waals surface area contributed by atoms with Crippen molar-refractivity contribution in [1.29, 1.82) is 5.26 Å². The lowest BCUT2D eigenvalue weighted by atomic mass is 10.1. The molecular weight excluding hydrogens is 186 g/mol. The third-order valence-electron chi connectivity index (χ3n) is 1.83. The van der Waals surface area contributed by atoms with Crippen LogP contribution < -0.4 is 4.74 Å². The first-order chi connectivity index (χ1) is 6.22. The summed E-state index contributed by atoms with van der Waals surface area (Å²) in [4.78, 5) is 0. The van der Waals surface area contributed by atoms with Crippen molar-refractivity contribution >= 4 is 11.6 Å². The van der Waals surface area contributed by atoms with Crippen LogP contribution in [-0.4, -0.2) is 7.11 Å². The summed E-state index contributed by atoms with van der Waals surface area (Å²) in [5, 5.41) is 9.19. The lowest BCUT2D eigenvalue weighted by molar-refractivity contribution is 0.410. The van der Waals surface area contributed by atoms with E-state index in [4.69, 9.17) is 21.6 Å². The predicted molar refractivity (Wildman–Crippen MR) is 52.1 cm³/mol. The predicted octanol–water partition coefficient (Wildman–Crippen LogP) is 2.78. The second-order valence-corrected chi connectivity index (χ2v) is 3.02. The second kappa shape index (κ2) is 4.15. The average molecular weight is 196 g/mol. The Morgan fingerprint density at radius 3 is 2.69 bits per heavy atom. The van der Waals surface area contributed by atoms with E-state index in [1.165, 1.54) is 0 Å². The van der Waals surface area contributed by atoms with Crippen molar-refractivity contribution < 1.29 is 4.74 Å². The average Bonchev–Trinajstić information content (AvgIpc) is 2.16. The molecule has 0 saturated carbocycles. The lowest BCUT2D eigenvalue weighted by Crippen LogP contribution is -1.92. The van der Waals surface area contributed by atoms with Gasteiger partial charge in [-0.1, -0.05) is 18.5 Å². The molecule has 0 heterocycles. The van der Waals surface area contributed by atoms with Crippen molar-refractivity contribution in [2.24, 2.45) is 0 Å².